The first-order valence-corrected chi connectivity index (χ1v) is 5.55. The zero-order valence-electron chi connectivity index (χ0n) is 9.48. The summed E-state index contributed by atoms with van der Waals surface area (Å²) in [5.41, 5.74) is 0.794. The molecule has 0 spiro atoms. The summed E-state index contributed by atoms with van der Waals surface area (Å²) in [6.07, 6.45) is 2.29. The van der Waals surface area contributed by atoms with Gasteiger partial charge in [0.2, 0.25) is 0 Å². The van der Waals surface area contributed by atoms with Crippen LogP contribution >= 0.6 is 11.6 Å². The fourth-order valence-electron chi connectivity index (χ4n) is 1.26. The standard InChI is InChI=1S/C12H15ClN2O/c1-10(2)16-7-6-15(9-14)12-5-3-4-11(13)8-12/h3-5,8,10H,6-7H2,1-2H3. The second-order valence-corrected chi connectivity index (χ2v) is 4.09. The molecule has 3 nitrogen and oxygen atoms in total. The summed E-state index contributed by atoms with van der Waals surface area (Å²) in [6.45, 7) is 5.00. The number of hydrogen-bond donors (Lipinski definition) is 0. The first-order chi connectivity index (χ1) is 7.63. The Bertz CT molecular complexity index is 374. The van der Waals surface area contributed by atoms with Crippen LogP contribution < -0.4 is 4.90 Å². The molecule has 0 radical (unpaired) electrons. The van der Waals surface area contributed by atoms with Crippen LogP contribution in [0.25, 0.3) is 0 Å². The van der Waals surface area contributed by atoms with Gasteiger partial charge < -0.3 is 4.74 Å². The summed E-state index contributed by atoms with van der Waals surface area (Å²) in [6, 6.07) is 7.22. The first kappa shape index (κ1) is 12.8. The molecule has 4 heteroatoms. The molecule has 0 atom stereocenters. The summed E-state index contributed by atoms with van der Waals surface area (Å²) in [5, 5.41) is 9.64. The van der Waals surface area contributed by atoms with Crippen LogP contribution in [-0.4, -0.2) is 19.3 Å². The highest BCUT2D eigenvalue weighted by Gasteiger charge is 2.05. The maximum absolute atomic E-state index is 9.01. The minimum absolute atomic E-state index is 0.180. The van der Waals surface area contributed by atoms with Gasteiger partial charge in [-0.3, -0.25) is 4.90 Å². The van der Waals surface area contributed by atoms with Crippen molar-refractivity contribution in [3.05, 3.63) is 29.3 Å². The Morgan fingerprint density at radius 2 is 2.25 bits per heavy atom. The maximum atomic E-state index is 9.01. The third-order valence-corrected chi connectivity index (χ3v) is 2.24. The highest BCUT2D eigenvalue weighted by atomic mass is 35.5. The molecular formula is C12H15ClN2O. The second kappa shape index (κ2) is 6.37. The van der Waals surface area contributed by atoms with Gasteiger partial charge in [-0.1, -0.05) is 17.7 Å². The fourth-order valence-corrected chi connectivity index (χ4v) is 1.45. The summed E-state index contributed by atoms with van der Waals surface area (Å²) in [5.74, 6) is 0. The summed E-state index contributed by atoms with van der Waals surface area (Å²) in [4.78, 5) is 1.56. The van der Waals surface area contributed by atoms with E-state index in [1.54, 1.807) is 17.0 Å². The summed E-state index contributed by atoms with van der Waals surface area (Å²) >= 11 is 5.86. The predicted molar refractivity (Wildman–Crippen MR) is 65.5 cm³/mol. The molecule has 0 bridgehead atoms. The quantitative estimate of drug-likeness (QED) is 0.584. The number of anilines is 1. The van der Waals surface area contributed by atoms with Gasteiger partial charge in [0.05, 0.1) is 24.9 Å². The predicted octanol–water partition coefficient (Wildman–Crippen LogP) is 3.05. The molecule has 0 amide bonds. The zero-order chi connectivity index (χ0) is 12.0. The number of benzene rings is 1. The van der Waals surface area contributed by atoms with Crippen LogP contribution in [-0.2, 0) is 4.74 Å². The highest BCUT2D eigenvalue weighted by molar-refractivity contribution is 6.30. The minimum Gasteiger partial charge on any atom is -0.377 e. The Hall–Kier alpha value is -1.24. The topological polar surface area (TPSA) is 36.3 Å². The summed E-state index contributed by atoms with van der Waals surface area (Å²) < 4.78 is 5.40. The lowest BCUT2D eigenvalue weighted by atomic mass is 10.3. The van der Waals surface area contributed by atoms with Crippen molar-refractivity contribution >= 4 is 17.3 Å². The molecule has 1 aromatic carbocycles. The van der Waals surface area contributed by atoms with Crippen molar-refractivity contribution in [1.82, 2.24) is 0 Å². The molecule has 0 saturated carbocycles. The smallest absolute Gasteiger partial charge is 0.184 e. The zero-order valence-corrected chi connectivity index (χ0v) is 10.2. The number of rotatable bonds is 5. The van der Waals surface area contributed by atoms with Crippen molar-refractivity contribution in [2.24, 2.45) is 0 Å². The second-order valence-electron chi connectivity index (χ2n) is 3.65. The fraction of sp³-hybridized carbons (Fsp3) is 0.417. The summed E-state index contributed by atoms with van der Waals surface area (Å²) in [7, 11) is 0. The molecule has 0 heterocycles. The van der Waals surface area contributed by atoms with Crippen molar-refractivity contribution < 1.29 is 4.74 Å². The van der Waals surface area contributed by atoms with E-state index in [4.69, 9.17) is 21.6 Å². The molecule has 1 rings (SSSR count). The average molecular weight is 239 g/mol. The molecule has 86 valence electrons. The Balaban J connectivity index is 2.58. The Labute approximate surface area is 101 Å². The van der Waals surface area contributed by atoms with E-state index < -0.39 is 0 Å². The Kier molecular flexibility index (Phi) is 5.10. The molecule has 0 fully saturated rings. The SMILES string of the molecule is CC(C)OCCN(C#N)c1cccc(Cl)c1. The normalized spacial score (nSPS) is 10.2. The van der Waals surface area contributed by atoms with E-state index in [2.05, 4.69) is 6.19 Å². The van der Waals surface area contributed by atoms with Crippen molar-refractivity contribution in [3.8, 4) is 6.19 Å². The lowest BCUT2D eigenvalue weighted by Gasteiger charge is -2.16. The van der Waals surface area contributed by atoms with E-state index in [1.807, 2.05) is 26.0 Å². The van der Waals surface area contributed by atoms with Crippen molar-refractivity contribution in [2.45, 2.75) is 20.0 Å². The van der Waals surface area contributed by atoms with Crippen LogP contribution in [0.4, 0.5) is 5.69 Å². The Morgan fingerprint density at radius 1 is 1.50 bits per heavy atom. The molecule has 0 aliphatic heterocycles. The molecule has 0 aromatic heterocycles. The van der Waals surface area contributed by atoms with Gasteiger partial charge in [0, 0.05) is 5.02 Å². The van der Waals surface area contributed by atoms with E-state index in [1.165, 1.54) is 0 Å². The number of ether oxygens (including phenoxy) is 1. The van der Waals surface area contributed by atoms with Crippen molar-refractivity contribution in [2.75, 3.05) is 18.1 Å². The molecule has 0 unspecified atom stereocenters. The third-order valence-electron chi connectivity index (χ3n) is 2.01. The lowest BCUT2D eigenvalue weighted by molar-refractivity contribution is 0.0851. The molecule has 0 aliphatic carbocycles. The third kappa shape index (κ3) is 4.09. The van der Waals surface area contributed by atoms with Crippen LogP contribution in [0, 0.1) is 11.5 Å². The van der Waals surface area contributed by atoms with E-state index in [0.29, 0.717) is 18.2 Å². The van der Waals surface area contributed by atoms with Gasteiger partial charge in [-0.25, -0.2) is 0 Å². The molecule has 0 saturated heterocycles. The molecule has 0 N–H and O–H groups in total. The van der Waals surface area contributed by atoms with Gasteiger partial charge in [0.1, 0.15) is 0 Å². The maximum Gasteiger partial charge on any atom is 0.184 e. The van der Waals surface area contributed by atoms with Gasteiger partial charge in [0.15, 0.2) is 6.19 Å². The van der Waals surface area contributed by atoms with E-state index >= 15 is 0 Å². The van der Waals surface area contributed by atoms with Gasteiger partial charge in [-0.15, -0.1) is 0 Å². The Morgan fingerprint density at radius 3 is 2.81 bits per heavy atom. The van der Waals surface area contributed by atoms with Crippen molar-refractivity contribution in [1.29, 1.82) is 5.26 Å². The first-order valence-electron chi connectivity index (χ1n) is 5.18. The number of halogens is 1. The molecular weight excluding hydrogens is 224 g/mol. The molecule has 1 aromatic rings. The van der Waals surface area contributed by atoms with Crippen LogP contribution in [0.2, 0.25) is 5.02 Å². The minimum atomic E-state index is 0.180. The van der Waals surface area contributed by atoms with Crippen LogP contribution in [0.5, 0.6) is 0 Å². The van der Waals surface area contributed by atoms with Gasteiger partial charge in [0.25, 0.3) is 0 Å². The van der Waals surface area contributed by atoms with E-state index in [-0.39, 0.29) is 6.10 Å². The largest absolute Gasteiger partial charge is 0.377 e. The highest BCUT2D eigenvalue weighted by Crippen LogP contribution is 2.18. The van der Waals surface area contributed by atoms with Crippen LogP contribution in [0.3, 0.4) is 0 Å². The van der Waals surface area contributed by atoms with Crippen LogP contribution in [0.1, 0.15) is 13.8 Å². The van der Waals surface area contributed by atoms with Crippen molar-refractivity contribution in [3.63, 3.8) is 0 Å². The van der Waals surface area contributed by atoms with Gasteiger partial charge in [-0.05, 0) is 32.0 Å². The van der Waals surface area contributed by atoms with Crippen LogP contribution in [0.15, 0.2) is 24.3 Å². The van der Waals surface area contributed by atoms with E-state index in [9.17, 15) is 0 Å². The number of nitrogens with zero attached hydrogens (tertiary/aromatic N) is 2. The number of hydrogen-bond acceptors (Lipinski definition) is 3. The molecule has 0 aliphatic rings. The van der Waals surface area contributed by atoms with Gasteiger partial charge in [-0.2, -0.15) is 5.26 Å². The average Bonchev–Trinajstić information content (AvgIpc) is 2.24. The lowest BCUT2D eigenvalue weighted by Crippen LogP contribution is -2.23. The monoisotopic (exact) mass is 238 g/mol. The number of nitriles is 1. The van der Waals surface area contributed by atoms with E-state index in [0.717, 1.165) is 5.69 Å². The molecule has 16 heavy (non-hydrogen) atoms. The van der Waals surface area contributed by atoms with Gasteiger partial charge >= 0.3 is 0 Å².